The van der Waals surface area contributed by atoms with Crippen molar-refractivity contribution in [2.75, 3.05) is 29.9 Å². The Hall–Kier alpha value is -3.56. The summed E-state index contributed by atoms with van der Waals surface area (Å²) in [5, 5.41) is 16.6. The first-order valence-corrected chi connectivity index (χ1v) is 9.17. The van der Waals surface area contributed by atoms with Crippen LogP contribution < -0.4 is 15.5 Å². The van der Waals surface area contributed by atoms with Crippen molar-refractivity contribution in [1.29, 1.82) is 0 Å². The van der Waals surface area contributed by atoms with E-state index in [0.29, 0.717) is 24.5 Å². The number of nitrogens with one attached hydrogen (secondary N) is 2. The molecule has 2 aromatic carbocycles. The number of hydrogen-bond donors (Lipinski definition) is 2. The van der Waals surface area contributed by atoms with Gasteiger partial charge in [0.05, 0.1) is 5.69 Å². The lowest BCUT2D eigenvalue weighted by atomic mass is 10.1. The lowest BCUT2D eigenvalue weighted by Crippen LogP contribution is -2.34. The van der Waals surface area contributed by atoms with Gasteiger partial charge in [-0.25, -0.2) is 18.3 Å². The quantitative estimate of drug-likeness (QED) is 0.689. The van der Waals surface area contributed by atoms with E-state index in [9.17, 15) is 13.6 Å². The molecule has 0 radical (unpaired) electrons. The number of carbonyl (C=O) groups is 1. The average molecular weight is 399 g/mol. The Kier molecular flexibility index (Phi) is 5.32. The molecule has 2 N–H and O–H groups in total. The van der Waals surface area contributed by atoms with Gasteiger partial charge in [-0.15, -0.1) is 5.10 Å². The summed E-state index contributed by atoms with van der Waals surface area (Å²) in [5.74, 6) is -1.47. The Labute approximate surface area is 165 Å². The first-order chi connectivity index (χ1) is 14.1. The molecule has 0 saturated carbocycles. The molecule has 3 aromatic rings. The summed E-state index contributed by atoms with van der Waals surface area (Å²) in [6, 6.07) is 10.7. The van der Waals surface area contributed by atoms with Crippen LogP contribution >= 0.6 is 0 Å². The molecule has 1 atom stereocenters. The zero-order chi connectivity index (χ0) is 20.2. The number of carbonyl (C=O) groups excluding carboxylic acids is 1. The minimum atomic E-state index is -0.853. The van der Waals surface area contributed by atoms with Crippen molar-refractivity contribution in [3.8, 4) is 5.69 Å². The maximum atomic E-state index is 13.4. The van der Waals surface area contributed by atoms with Crippen LogP contribution in [0.25, 0.3) is 5.69 Å². The van der Waals surface area contributed by atoms with Crippen LogP contribution in [0.5, 0.6) is 0 Å². The molecule has 0 spiro atoms. The Balaban J connectivity index is 1.25. The third-order valence-electron chi connectivity index (χ3n) is 4.84. The van der Waals surface area contributed by atoms with Gasteiger partial charge in [-0.05, 0) is 59.2 Å². The van der Waals surface area contributed by atoms with E-state index in [1.165, 1.54) is 17.1 Å². The molecule has 1 aromatic heterocycles. The molecule has 4 rings (SSSR count). The van der Waals surface area contributed by atoms with Gasteiger partial charge in [0.1, 0.15) is 6.33 Å². The monoisotopic (exact) mass is 399 g/mol. The summed E-state index contributed by atoms with van der Waals surface area (Å²) < 4.78 is 28.0. The third kappa shape index (κ3) is 4.48. The van der Waals surface area contributed by atoms with Crippen LogP contribution in [-0.4, -0.2) is 45.9 Å². The Bertz CT molecular complexity index is 979. The predicted octanol–water partition coefficient (Wildman–Crippen LogP) is 2.59. The Morgan fingerprint density at radius 1 is 1.10 bits per heavy atom. The second-order valence-electron chi connectivity index (χ2n) is 6.84. The van der Waals surface area contributed by atoms with Crippen LogP contribution in [0.2, 0.25) is 0 Å². The minimum absolute atomic E-state index is 0.232. The van der Waals surface area contributed by atoms with Crippen molar-refractivity contribution in [2.45, 2.75) is 6.42 Å². The summed E-state index contributed by atoms with van der Waals surface area (Å²) in [6.45, 7) is 1.90. The molecular weight excluding hydrogens is 380 g/mol. The fourth-order valence-electron chi connectivity index (χ4n) is 3.30. The number of benzene rings is 2. The standard InChI is InChI=1S/C19H19F2N7O/c20-17-6-5-16(9-18(17)21)27-8-7-13(11-27)10-22-19(29)24-14-1-3-15(4-2-14)28-12-23-25-26-28/h1-6,9,12-13H,7-8,10-11H2,(H2,22,24,29). The molecule has 1 fully saturated rings. The number of halogens is 2. The number of urea groups is 1. The number of aromatic nitrogens is 4. The van der Waals surface area contributed by atoms with E-state index in [-0.39, 0.29) is 11.9 Å². The molecular formula is C19H19F2N7O. The molecule has 1 saturated heterocycles. The van der Waals surface area contributed by atoms with Gasteiger partial charge in [-0.1, -0.05) is 0 Å². The fraction of sp³-hybridized carbons (Fsp3) is 0.263. The normalized spacial score (nSPS) is 16.1. The van der Waals surface area contributed by atoms with Gasteiger partial charge < -0.3 is 15.5 Å². The molecule has 0 bridgehead atoms. The SMILES string of the molecule is O=C(NCC1CCN(c2ccc(F)c(F)c2)C1)Nc1ccc(-n2cnnn2)cc1. The lowest BCUT2D eigenvalue weighted by Gasteiger charge is -2.19. The topological polar surface area (TPSA) is 88.0 Å². The maximum Gasteiger partial charge on any atom is 0.319 e. The van der Waals surface area contributed by atoms with Gasteiger partial charge in [-0.2, -0.15) is 0 Å². The fourth-order valence-corrected chi connectivity index (χ4v) is 3.30. The molecule has 29 heavy (non-hydrogen) atoms. The molecule has 1 unspecified atom stereocenters. The molecule has 1 aliphatic heterocycles. The van der Waals surface area contributed by atoms with E-state index in [1.54, 1.807) is 30.3 Å². The van der Waals surface area contributed by atoms with Crippen LogP contribution in [0.15, 0.2) is 48.8 Å². The summed E-state index contributed by atoms with van der Waals surface area (Å²) in [4.78, 5) is 14.1. The van der Waals surface area contributed by atoms with Gasteiger partial charge in [-0.3, -0.25) is 0 Å². The number of amides is 2. The van der Waals surface area contributed by atoms with Gasteiger partial charge in [0, 0.05) is 37.1 Å². The smallest absolute Gasteiger partial charge is 0.319 e. The largest absolute Gasteiger partial charge is 0.371 e. The van der Waals surface area contributed by atoms with Crippen molar-refractivity contribution in [3.63, 3.8) is 0 Å². The first-order valence-electron chi connectivity index (χ1n) is 9.17. The highest BCUT2D eigenvalue weighted by molar-refractivity contribution is 5.89. The van der Waals surface area contributed by atoms with Crippen LogP contribution in [-0.2, 0) is 0 Å². The summed E-state index contributed by atoms with van der Waals surface area (Å²) in [7, 11) is 0. The second-order valence-corrected chi connectivity index (χ2v) is 6.84. The zero-order valence-corrected chi connectivity index (χ0v) is 15.4. The van der Waals surface area contributed by atoms with E-state index in [4.69, 9.17) is 0 Å². The number of hydrogen-bond acceptors (Lipinski definition) is 5. The van der Waals surface area contributed by atoms with Gasteiger partial charge in [0.2, 0.25) is 0 Å². The van der Waals surface area contributed by atoms with E-state index in [1.807, 2.05) is 4.90 Å². The van der Waals surface area contributed by atoms with Crippen molar-refractivity contribution in [1.82, 2.24) is 25.5 Å². The maximum absolute atomic E-state index is 13.4. The molecule has 10 heteroatoms. The number of tetrazole rings is 1. The number of rotatable bonds is 5. The Morgan fingerprint density at radius 2 is 1.90 bits per heavy atom. The van der Waals surface area contributed by atoms with Crippen molar-refractivity contribution >= 4 is 17.4 Å². The second kappa shape index (κ2) is 8.21. The van der Waals surface area contributed by atoms with E-state index >= 15 is 0 Å². The van der Waals surface area contributed by atoms with Crippen molar-refractivity contribution < 1.29 is 13.6 Å². The van der Waals surface area contributed by atoms with Crippen LogP contribution in [0, 0.1) is 17.6 Å². The third-order valence-corrected chi connectivity index (χ3v) is 4.84. The Morgan fingerprint density at radius 3 is 2.62 bits per heavy atom. The summed E-state index contributed by atoms with van der Waals surface area (Å²) in [6.07, 6.45) is 2.35. The van der Waals surface area contributed by atoms with Gasteiger partial charge in [0.25, 0.3) is 0 Å². The van der Waals surface area contributed by atoms with Crippen LogP contribution in [0.3, 0.4) is 0 Å². The highest BCUT2D eigenvalue weighted by Gasteiger charge is 2.23. The summed E-state index contributed by atoms with van der Waals surface area (Å²) in [5.41, 5.74) is 2.08. The highest BCUT2D eigenvalue weighted by Crippen LogP contribution is 2.25. The first kappa shape index (κ1) is 18.8. The highest BCUT2D eigenvalue weighted by atomic mass is 19.2. The molecule has 8 nitrogen and oxygen atoms in total. The molecule has 2 heterocycles. The number of anilines is 2. The lowest BCUT2D eigenvalue weighted by molar-refractivity contribution is 0.250. The molecule has 2 amide bonds. The molecule has 150 valence electrons. The van der Waals surface area contributed by atoms with E-state index in [0.717, 1.165) is 24.7 Å². The van der Waals surface area contributed by atoms with Crippen molar-refractivity contribution in [2.24, 2.45) is 5.92 Å². The average Bonchev–Trinajstić information content (AvgIpc) is 3.41. The van der Waals surface area contributed by atoms with Gasteiger partial charge >= 0.3 is 6.03 Å². The zero-order valence-electron chi connectivity index (χ0n) is 15.4. The summed E-state index contributed by atoms with van der Waals surface area (Å²) >= 11 is 0. The van der Waals surface area contributed by atoms with E-state index < -0.39 is 11.6 Å². The van der Waals surface area contributed by atoms with Crippen LogP contribution in [0.4, 0.5) is 25.0 Å². The predicted molar refractivity (Wildman–Crippen MR) is 103 cm³/mol. The van der Waals surface area contributed by atoms with Gasteiger partial charge in [0.15, 0.2) is 11.6 Å². The van der Waals surface area contributed by atoms with E-state index in [2.05, 4.69) is 26.2 Å². The molecule has 0 aliphatic carbocycles. The van der Waals surface area contributed by atoms with Crippen LogP contribution in [0.1, 0.15) is 6.42 Å². The molecule has 1 aliphatic rings. The van der Waals surface area contributed by atoms with Crippen molar-refractivity contribution in [3.05, 3.63) is 60.4 Å². The minimum Gasteiger partial charge on any atom is -0.371 e. The number of nitrogens with zero attached hydrogens (tertiary/aromatic N) is 5.